The van der Waals surface area contributed by atoms with Gasteiger partial charge in [0, 0.05) is 16.3 Å². The molecule has 0 radical (unpaired) electrons. The molecule has 1 aromatic rings. The summed E-state index contributed by atoms with van der Waals surface area (Å²) in [6.45, 7) is 0.751. The van der Waals surface area contributed by atoms with Crippen LogP contribution >= 0.6 is 15.9 Å². The summed E-state index contributed by atoms with van der Waals surface area (Å²) in [5.41, 5.74) is 8.59. The second kappa shape index (κ2) is 4.59. The molecule has 22 heavy (non-hydrogen) atoms. The third-order valence-electron chi connectivity index (χ3n) is 5.54. The molecule has 2 aliphatic carbocycles. The van der Waals surface area contributed by atoms with Crippen molar-refractivity contribution >= 4 is 28.0 Å². The molecule has 1 fully saturated rings. The third-order valence-corrected chi connectivity index (χ3v) is 6.53. The average Bonchev–Trinajstić information content (AvgIpc) is 3.03. The van der Waals surface area contributed by atoms with Gasteiger partial charge in [-0.15, -0.1) is 0 Å². The van der Waals surface area contributed by atoms with Crippen LogP contribution in [0, 0.1) is 0 Å². The van der Waals surface area contributed by atoms with Crippen LogP contribution in [0.25, 0.3) is 6.08 Å². The monoisotopic (exact) mass is 363 g/mol. The molecule has 5 heteroatoms. The largest absolute Gasteiger partial charge is 0.493 e. The van der Waals surface area contributed by atoms with Crippen LogP contribution in [0.15, 0.2) is 16.6 Å². The number of carboxylic acid groups (broad SMARTS) is 1. The van der Waals surface area contributed by atoms with Crippen LogP contribution in [0.2, 0.25) is 0 Å². The Labute approximate surface area is 137 Å². The van der Waals surface area contributed by atoms with E-state index in [-0.39, 0.29) is 5.41 Å². The Bertz CT molecular complexity index is 702. The molecule has 0 aromatic heterocycles. The number of nitrogens with two attached hydrogens (primary N) is 1. The smallest absolute Gasteiger partial charge is 0.323 e. The third kappa shape index (κ3) is 1.82. The minimum absolute atomic E-state index is 0.130. The molecule has 0 atom stereocenters. The van der Waals surface area contributed by atoms with Crippen LogP contribution in [-0.2, 0) is 16.6 Å². The Morgan fingerprint density at radius 3 is 2.68 bits per heavy atom. The molecule has 1 heterocycles. The molecule has 1 aromatic carbocycles. The number of fused-ring (bicyclic) bond motifs is 3. The Balaban J connectivity index is 1.74. The molecule has 3 aliphatic rings. The summed E-state index contributed by atoms with van der Waals surface area (Å²) < 4.78 is 6.86. The molecule has 1 spiro atoms. The lowest BCUT2D eigenvalue weighted by atomic mass is 9.65. The van der Waals surface area contributed by atoms with Gasteiger partial charge in [0.25, 0.3) is 0 Å². The average molecular weight is 364 g/mol. The molecule has 0 amide bonds. The van der Waals surface area contributed by atoms with Crippen LogP contribution in [0.5, 0.6) is 5.75 Å². The molecule has 116 valence electrons. The van der Waals surface area contributed by atoms with Gasteiger partial charge in [-0.3, -0.25) is 4.79 Å². The van der Waals surface area contributed by atoms with Crippen molar-refractivity contribution in [3.63, 3.8) is 0 Å². The summed E-state index contributed by atoms with van der Waals surface area (Å²) in [5, 5.41) is 9.35. The number of carbonyl (C=O) groups is 1. The van der Waals surface area contributed by atoms with E-state index in [0.717, 1.165) is 36.1 Å². The number of aliphatic carboxylic acids is 1. The van der Waals surface area contributed by atoms with E-state index in [1.54, 1.807) is 0 Å². The zero-order chi connectivity index (χ0) is 15.5. The van der Waals surface area contributed by atoms with Crippen molar-refractivity contribution < 1.29 is 14.6 Å². The Morgan fingerprint density at radius 2 is 2.00 bits per heavy atom. The first kappa shape index (κ1) is 14.3. The highest BCUT2D eigenvalue weighted by molar-refractivity contribution is 9.11. The summed E-state index contributed by atoms with van der Waals surface area (Å²) in [6, 6.07) is 4.38. The van der Waals surface area contributed by atoms with Gasteiger partial charge >= 0.3 is 5.97 Å². The van der Waals surface area contributed by atoms with Gasteiger partial charge in [0.1, 0.15) is 11.3 Å². The van der Waals surface area contributed by atoms with Gasteiger partial charge in [-0.25, -0.2) is 0 Å². The van der Waals surface area contributed by atoms with Crippen LogP contribution in [-0.4, -0.2) is 23.2 Å². The van der Waals surface area contributed by atoms with Crippen molar-refractivity contribution in [2.24, 2.45) is 5.73 Å². The Kier molecular flexibility index (Phi) is 2.97. The lowest BCUT2D eigenvalue weighted by molar-refractivity contribution is -0.145. The first-order valence-corrected chi connectivity index (χ1v) is 8.44. The van der Waals surface area contributed by atoms with Gasteiger partial charge in [-0.05, 0) is 60.6 Å². The molecule has 4 nitrogen and oxygen atoms in total. The molecule has 3 N–H and O–H groups in total. The topological polar surface area (TPSA) is 72.6 Å². The van der Waals surface area contributed by atoms with Crippen LogP contribution in [0.1, 0.15) is 42.4 Å². The number of rotatable bonds is 1. The fourth-order valence-corrected chi connectivity index (χ4v) is 4.88. The van der Waals surface area contributed by atoms with Gasteiger partial charge in [0.2, 0.25) is 0 Å². The first-order valence-electron chi connectivity index (χ1n) is 7.65. The van der Waals surface area contributed by atoms with Crippen molar-refractivity contribution in [3.8, 4) is 5.75 Å². The first-order chi connectivity index (χ1) is 10.4. The van der Waals surface area contributed by atoms with Crippen LogP contribution < -0.4 is 10.5 Å². The zero-order valence-electron chi connectivity index (χ0n) is 12.2. The van der Waals surface area contributed by atoms with E-state index in [1.807, 2.05) is 0 Å². The highest BCUT2D eigenvalue weighted by atomic mass is 79.9. The standard InChI is InChI=1S/C17H18BrNO3/c18-14-8-11-7-10-1-6-22-13(10)9-12(11)16(14)2-4-17(19,5-3-16)15(20)21/h7-9H,1-6,19H2,(H,20,21). The zero-order valence-corrected chi connectivity index (χ0v) is 13.8. The number of hydrogen-bond donors (Lipinski definition) is 2. The predicted octanol–water partition coefficient (Wildman–Crippen LogP) is 2.96. The second-order valence-electron chi connectivity index (χ2n) is 6.68. The fourth-order valence-electron chi connectivity index (χ4n) is 4.03. The molecule has 0 saturated heterocycles. The maximum atomic E-state index is 11.4. The molecule has 4 rings (SSSR count). The molecule has 1 saturated carbocycles. The van der Waals surface area contributed by atoms with E-state index >= 15 is 0 Å². The quantitative estimate of drug-likeness (QED) is 0.804. The summed E-state index contributed by atoms with van der Waals surface area (Å²) >= 11 is 3.73. The van der Waals surface area contributed by atoms with E-state index < -0.39 is 11.5 Å². The number of carboxylic acids is 1. The Morgan fingerprint density at radius 1 is 1.27 bits per heavy atom. The van der Waals surface area contributed by atoms with Crippen LogP contribution in [0.3, 0.4) is 0 Å². The van der Waals surface area contributed by atoms with E-state index in [2.05, 4.69) is 34.1 Å². The molecule has 0 bridgehead atoms. The SMILES string of the molecule is NC1(C(=O)O)CCC2(CC1)C(Br)=Cc1cc3c(cc12)OCC3. The fraction of sp³-hybridized carbons (Fsp3) is 0.471. The molecule has 1 aliphatic heterocycles. The van der Waals surface area contributed by atoms with Crippen molar-refractivity contribution in [1.29, 1.82) is 0 Å². The number of allylic oxidation sites excluding steroid dienone is 1. The van der Waals surface area contributed by atoms with Gasteiger partial charge in [-0.2, -0.15) is 0 Å². The number of hydrogen-bond acceptors (Lipinski definition) is 3. The van der Waals surface area contributed by atoms with Gasteiger partial charge in [0.15, 0.2) is 0 Å². The number of halogens is 1. The van der Waals surface area contributed by atoms with Crippen molar-refractivity contribution in [3.05, 3.63) is 33.3 Å². The highest BCUT2D eigenvalue weighted by Gasteiger charge is 2.49. The maximum absolute atomic E-state index is 11.4. The highest BCUT2D eigenvalue weighted by Crippen LogP contribution is 2.55. The van der Waals surface area contributed by atoms with E-state index in [0.29, 0.717) is 12.8 Å². The minimum Gasteiger partial charge on any atom is -0.493 e. The Hall–Kier alpha value is -1.33. The van der Waals surface area contributed by atoms with Gasteiger partial charge < -0.3 is 15.6 Å². The maximum Gasteiger partial charge on any atom is 0.323 e. The summed E-state index contributed by atoms with van der Waals surface area (Å²) in [6.07, 6.45) is 5.62. The minimum atomic E-state index is -1.09. The summed E-state index contributed by atoms with van der Waals surface area (Å²) in [5.74, 6) is 0.0921. The van der Waals surface area contributed by atoms with E-state index in [1.165, 1.54) is 16.7 Å². The van der Waals surface area contributed by atoms with Gasteiger partial charge in [0.05, 0.1) is 6.61 Å². The lowest BCUT2D eigenvalue weighted by Gasteiger charge is -2.42. The lowest BCUT2D eigenvalue weighted by Crippen LogP contribution is -2.53. The van der Waals surface area contributed by atoms with Crippen molar-refractivity contribution in [2.45, 2.75) is 43.1 Å². The van der Waals surface area contributed by atoms with Crippen molar-refractivity contribution in [2.75, 3.05) is 6.61 Å². The summed E-state index contributed by atoms with van der Waals surface area (Å²) in [7, 11) is 0. The van der Waals surface area contributed by atoms with Crippen LogP contribution in [0.4, 0.5) is 0 Å². The van der Waals surface area contributed by atoms with Crippen molar-refractivity contribution in [1.82, 2.24) is 0 Å². The van der Waals surface area contributed by atoms with E-state index in [4.69, 9.17) is 10.5 Å². The number of ether oxygens (including phenoxy) is 1. The molecule has 0 unspecified atom stereocenters. The second-order valence-corrected chi connectivity index (χ2v) is 7.54. The van der Waals surface area contributed by atoms with Gasteiger partial charge in [-0.1, -0.05) is 15.9 Å². The predicted molar refractivity (Wildman–Crippen MR) is 87.2 cm³/mol. The summed E-state index contributed by atoms with van der Waals surface area (Å²) in [4.78, 5) is 11.4. The molecular formula is C17H18BrNO3. The number of benzene rings is 1. The molecular weight excluding hydrogens is 346 g/mol. The normalized spacial score (nSPS) is 32.4. The van der Waals surface area contributed by atoms with E-state index in [9.17, 15) is 9.90 Å².